The summed E-state index contributed by atoms with van der Waals surface area (Å²) in [6.45, 7) is 0.403. The molecule has 1 unspecified atom stereocenters. The number of carbonyl (C=O) groups is 1. The van der Waals surface area contributed by atoms with Gasteiger partial charge in [-0.1, -0.05) is 11.6 Å². The van der Waals surface area contributed by atoms with Crippen molar-refractivity contribution < 1.29 is 9.18 Å². The highest BCUT2D eigenvalue weighted by Crippen LogP contribution is 2.28. The number of rotatable bonds is 4. The number of aromatic amines is 1. The first-order valence-electron chi connectivity index (χ1n) is 7.79. The Balaban J connectivity index is 1.62. The topological polar surface area (TPSA) is 95.6 Å². The highest BCUT2D eigenvalue weighted by molar-refractivity contribution is 6.31. The molecule has 1 aliphatic rings. The molecule has 4 heterocycles. The Hall–Kier alpha value is -2.74. The van der Waals surface area contributed by atoms with E-state index < -0.39 is 5.82 Å². The lowest BCUT2D eigenvalue weighted by molar-refractivity contribution is -0.119. The summed E-state index contributed by atoms with van der Waals surface area (Å²) < 4.78 is 14.0. The number of amides is 1. The minimum Gasteiger partial charge on any atom is -0.365 e. The maximum atomic E-state index is 14.0. The Morgan fingerprint density at radius 3 is 3.04 bits per heavy atom. The van der Waals surface area contributed by atoms with E-state index in [0.29, 0.717) is 35.0 Å². The average Bonchev–Trinajstić information content (AvgIpc) is 3.20. The van der Waals surface area contributed by atoms with E-state index in [9.17, 15) is 9.18 Å². The Morgan fingerprint density at radius 1 is 1.36 bits per heavy atom. The number of H-pyrrole nitrogens is 1. The van der Waals surface area contributed by atoms with Gasteiger partial charge in [0.15, 0.2) is 17.5 Å². The van der Waals surface area contributed by atoms with E-state index in [-0.39, 0.29) is 17.8 Å². The summed E-state index contributed by atoms with van der Waals surface area (Å²) in [5, 5.41) is 7.01. The van der Waals surface area contributed by atoms with E-state index in [0.717, 1.165) is 18.0 Å². The molecule has 0 bridgehead atoms. The largest absolute Gasteiger partial charge is 0.365 e. The number of pyridine rings is 1. The fraction of sp³-hybridized carbons (Fsp3) is 0.250. The Morgan fingerprint density at radius 2 is 2.24 bits per heavy atom. The third kappa shape index (κ3) is 3.12. The second-order valence-electron chi connectivity index (χ2n) is 5.83. The Labute approximate surface area is 147 Å². The van der Waals surface area contributed by atoms with Crippen LogP contribution in [-0.2, 0) is 4.79 Å². The van der Waals surface area contributed by atoms with Crippen molar-refractivity contribution in [2.75, 3.05) is 11.9 Å². The molecule has 0 spiro atoms. The molecule has 1 fully saturated rings. The molecular formula is C16H14ClFN6O. The van der Waals surface area contributed by atoms with Crippen LogP contribution in [0.4, 0.5) is 10.2 Å². The van der Waals surface area contributed by atoms with Crippen molar-refractivity contribution in [1.82, 2.24) is 25.3 Å². The molecule has 0 radical (unpaired) electrons. The van der Waals surface area contributed by atoms with E-state index >= 15 is 0 Å². The van der Waals surface area contributed by atoms with Crippen molar-refractivity contribution in [1.29, 1.82) is 0 Å². The van der Waals surface area contributed by atoms with E-state index in [2.05, 4.69) is 30.6 Å². The van der Waals surface area contributed by atoms with Crippen LogP contribution < -0.4 is 10.6 Å². The van der Waals surface area contributed by atoms with E-state index in [1.807, 2.05) is 0 Å². The second-order valence-corrected chi connectivity index (χ2v) is 6.26. The van der Waals surface area contributed by atoms with Crippen molar-refractivity contribution >= 4 is 34.4 Å². The molecule has 128 valence electrons. The van der Waals surface area contributed by atoms with Gasteiger partial charge in [-0.25, -0.2) is 19.3 Å². The lowest BCUT2D eigenvalue weighted by Gasteiger charge is -2.12. The van der Waals surface area contributed by atoms with Gasteiger partial charge in [-0.15, -0.1) is 0 Å². The highest BCUT2D eigenvalue weighted by Gasteiger charge is 2.21. The van der Waals surface area contributed by atoms with Gasteiger partial charge in [0.25, 0.3) is 0 Å². The number of halogens is 2. The first-order valence-corrected chi connectivity index (χ1v) is 8.17. The number of hydrogen-bond acceptors (Lipinski definition) is 5. The molecule has 1 atom stereocenters. The smallest absolute Gasteiger partial charge is 0.220 e. The third-order valence-corrected chi connectivity index (χ3v) is 4.29. The first-order chi connectivity index (χ1) is 12.1. The SMILES string of the molecule is O=C1CCC(CNc2nc(-c3c[nH]c4ncc(Cl)cc34)ncc2F)N1. The molecular weight excluding hydrogens is 347 g/mol. The molecule has 0 aromatic carbocycles. The number of nitrogens with one attached hydrogen (secondary N) is 3. The van der Waals surface area contributed by atoms with Gasteiger partial charge in [-0.05, 0) is 12.5 Å². The molecule has 1 saturated heterocycles. The predicted molar refractivity (Wildman–Crippen MR) is 91.7 cm³/mol. The monoisotopic (exact) mass is 360 g/mol. The number of carbonyl (C=O) groups excluding carboxylic acids is 1. The summed E-state index contributed by atoms with van der Waals surface area (Å²) >= 11 is 6.00. The van der Waals surface area contributed by atoms with Crippen LogP contribution in [-0.4, -0.2) is 38.4 Å². The maximum absolute atomic E-state index is 14.0. The van der Waals surface area contributed by atoms with Crippen molar-refractivity contribution in [3.63, 3.8) is 0 Å². The van der Waals surface area contributed by atoms with Gasteiger partial charge in [0, 0.05) is 42.4 Å². The number of hydrogen-bond donors (Lipinski definition) is 3. The van der Waals surface area contributed by atoms with Crippen LogP contribution in [0, 0.1) is 5.82 Å². The third-order valence-electron chi connectivity index (χ3n) is 4.08. The molecule has 0 saturated carbocycles. The van der Waals surface area contributed by atoms with Gasteiger partial charge in [-0.3, -0.25) is 4.79 Å². The minimum atomic E-state index is -0.552. The maximum Gasteiger partial charge on any atom is 0.220 e. The number of aromatic nitrogens is 4. The molecule has 3 aromatic rings. The average molecular weight is 361 g/mol. The van der Waals surface area contributed by atoms with Gasteiger partial charge in [0.2, 0.25) is 5.91 Å². The normalized spacial score (nSPS) is 17.0. The summed E-state index contributed by atoms with van der Waals surface area (Å²) in [5.74, 6) is -0.0898. The summed E-state index contributed by atoms with van der Waals surface area (Å²) in [7, 11) is 0. The number of anilines is 1. The number of nitrogens with zero attached hydrogens (tertiary/aromatic N) is 3. The van der Waals surface area contributed by atoms with Crippen LogP contribution >= 0.6 is 11.6 Å². The quantitative estimate of drug-likeness (QED) is 0.664. The van der Waals surface area contributed by atoms with Crippen molar-refractivity contribution in [3.8, 4) is 11.4 Å². The van der Waals surface area contributed by atoms with Gasteiger partial charge in [0.05, 0.1) is 11.2 Å². The van der Waals surface area contributed by atoms with Crippen LogP contribution in [0.1, 0.15) is 12.8 Å². The summed E-state index contributed by atoms with van der Waals surface area (Å²) in [6.07, 6.45) is 5.58. The molecule has 7 nitrogen and oxygen atoms in total. The summed E-state index contributed by atoms with van der Waals surface area (Å²) in [6, 6.07) is 1.73. The van der Waals surface area contributed by atoms with Crippen molar-refractivity contribution in [2.24, 2.45) is 0 Å². The predicted octanol–water partition coefficient (Wildman–Crippen LogP) is 2.50. The molecule has 3 N–H and O–H groups in total. The zero-order valence-electron chi connectivity index (χ0n) is 13.0. The molecule has 3 aromatic heterocycles. The fourth-order valence-electron chi connectivity index (χ4n) is 2.83. The van der Waals surface area contributed by atoms with Crippen molar-refractivity contribution in [3.05, 3.63) is 35.5 Å². The van der Waals surface area contributed by atoms with E-state index in [4.69, 9.17) is 11.6 Å². The van der Waals surface area contributed by atoms with Crippen molar-refractivity contribution in [2.45, 2.75) is 18.9 Å². The van der Waals surface area contributed by atoms with Gasteiger partial charge in [0.1, 0.15) is 5.65 Å². The van der Waals surface area contributed by atoms with E-state index in [1.54, 1.807) is 18.5 Å². The zero-order chi connectivity index (χ0) is 17.4. The van der Waals surface area contributed by atoms with Crippen LogP contribution in [0.3, 0.4) is 0 Å². The Bertz CT molecular complexity index is 959. The van der Waals surface area contributed by atoms with Gasteiger partial charge >= 0.3 is 0 Å². The van der Waals surface area contributed by atoms with Gasteiger partial charge in [-0.2, -0.15) is 0 Å². The second kappa shape index (κ2) is 6.29. The fourth-order valence-corrected chi connectivity index (χ4v) is 2.99. The Kier molecular flexibility index (Phi) is 3.96. The van der Waals surface area contributed by atoms with Crippen LogP contribution in [0.5, 0.6) is 0 Å². The molecule has 1 aliphatic heterocycles. The molecule has 4 rings (SSSR count). The number of fused-ring (bicyclic) bond motifs is 1. The molecule has 1 amide bonds. The molecule has 25 heavy (non-hydrogen) atoms. The van der Waals surface area contributed by atoms with Crippen LogP contribution in [0.15, 0.2) is 24.7 Å². The standard InChI is InChI=1S/C16H14ClFN6O/c17-8-3-10-11(6-21-14(10)19-4-8)15-22-7-12(18)16(24-15)20-5-9-1-2-13(25)23-9/h3-4,6-7,9H,1-2,5H2,(H,19,21)(H,23,25)(H,20,22,24). The minimum absolute atomic E-state index is 0.0128. The molecule has 9 heteroatoms. The first kappa shape index (κ1) is 15.8. The molecule has 0 aliphatic carbocycles. The lowest BCUT2D eigenvalue weighted by atomic mass is 10.2. The lowest BCUT2D eigenvalue weighted by Crippen LogP contribution is -2.32. The van der Waals surface area contributed by atoms with Crippen LogP contribution in [0.2, 0.25) is 5.02 Å². The summed E-state index contributed by atoms with van der Waals surface area (Å²) in [4.78, 5) is 26.8. The van der Waals surface area contributed by atoms with E-state index in [1.165, 1.54) is 0 Å². The van der Waals surface area contributed by atoms with Gasteiger partial charge < -0.3 is 15.6 Å². The summed E-state index contributed by atoms with van der Waals surface area (Å²) in [5.41, 5.74) is 1.33. The van der Waals surface area contributed by atoms with Crippen LogP contribution in [0.25, 0.3) is 22.4 Å². The zero-order valence-corrected chi connectivity index (χ0v) is 13.8. The highest BCUT2D eigenvalue weighted by atomic mass is 35.5.